The van der Waals surface area contributed by atoms with Crippen molar-refractivity contribution in [3.05, 3.63) is 68.7 Å². The van der Waals surface area contributed by atoms with E-state index in [1.54, 1.807) is 0 Å². The standard InChI is InChI=1S/C16H9Cl3F3NO/c17-12-4-2-10(16(20,21)22)7-9(12)1-6-15(24)23-11-3-5-13(18)14(19)8-11/h1-8H,(H,23,24)/b6-1+. The number of nitrogens with one attached hydrogen (secondary N) is 1. The molecule has 0 radical (unpaired) electrons. The molecule has 0 spiro atoms. The van der Waals surface area contributed by atoms with E-state index >= 15 is 0 Å². The maximum atomic E-state index is 12.7. The number of hydrogen-bond donors (Lipinski definition) is 1. The quantitative estimate of drug-likeness (QED) is 0.607. The van der Waals surface area contributed by atoms with E-state index in [9.17, 15) is 18.0 Å². The Hall–Kier alpha value is -1.69. The first-order valence-corrected chi connectivity index (χ1v) is 7.61. The lowest BCUT2D eigenvalue weighted by atomic mass is 10.1. The van der Waals surface area contributed by atoms with Crippen LogP contribution in [0.5, 0.6) is 0 Å². The van der Waals surface area contributed by atoms with Gasteiger partial charge in [0.25, 0.3) is 0 Å². The van der Waals surface area contributed by atoms with Gasteiger partial charge in [0.1, 0.15) is 0 Å². The van der Waals surface area contributed by atoms with Crippen LogP contribution >= 0.6 is 34.8 Å². The van der Waals surface area contributed by atoms with E-state index in [1.165, 1.54) is 24.3 Å². The summed E-state index contributed by atoms with van der Waals surface area (Å²) in [5, 5.41) is 3.21. The lowest BCUT2D eigenvalue weighted by molar-refractivity contribution is -0.137. The van der Waals surface area contributed by atoms with Crippen LogP contribution in [0.1, 0.15) is 11.1 Å². The molecule has 2 aromatic carbocycles. The molecular formula is C16H9Cl3F3NO. The average Bonchev–Trinajstić information content (AvgIpc) is 2.49. The number of benzene rings is 2. The summed E-state index contributed by atoms with van der Waals surface area (Å²) >= 11 is 17.4. The van der Waals surface area contributed by atoms with Gasteiger partial charge < -0.3 is 5.32 Å². The molecule has 2 nitrogen and oxygen atoms in total. The van der Waals surface area contributed by atoms with Gasteiger partial charge in [-0.3, -0.25) is 4.79 Å². The number of carbonyl (C=O) groups excluding carboxylic acids is 1. The number of anilines is 1. The minimum absolute atomic E-state index is 0.0794. The first-order chi connectivity index (χ1) is 11.2. The van der Waals surface area contributed by atoms with Gasteiger partial charge in [-0.2, -0.15) is 13.2 Å². The second-order valence-electron chi connectivity index (χ2n) is 4.69. The van der Waals surface area contributed by atoms with E-state index in [0.717, 1.165) is 24.3 Å². The van der Waals surface area contributed by atoms with Gasteiger partial charge in [-0.05, 0) is 48.0 Å². The Labute approximate surface area is 150 Å². The van der Waals surface area contributed by atoms with Gasteiger partial charge in [0.05, 0.1) is 15.6 Å². The first kappa shape index (κ1) is 18.6. The molecule has 0 bridgehead atoms. The molecule has 0 saturated carbocycles. The monoisotopic (exact) mass is 393 g/mol. The van der Waals surface area contributed by atoms with E-state index < -0.39 is 17.6 Å². The smallest absolute Gasteiger partial charge is 0.322 e. The van der Waals surface area contributed by atoms with Gasteiger partial charge in [-0.1, -0.05) is 34.8 Å². The molecule has 2 aromatic rings. The lowest BCUT2D eigenvalue weighted by Gasteiger charge is -2.08. The fourth-order valence-corrected chi connectivity index (χ4v) is 2.25. The van der Waals surface area contributed by atoms with Crippen molar-refractivity contribution in [1.29, 1.82) is 0 Å². The topological polar surface area (TPSA) is 29.1 Å². The van der Waals surface area contributed by atoms with Crippen molar-refractivity contribution in [2.24, 2.45) is 0 Å². The zero-order chi connectivity index (χ0) is 17.9. The summed E-state index contributed by atoms with van der Waals surface area (Å²) in [5.74, 6) is -0.554. The van der Waals surface area contributed by atoms with E-state index in [2.05, 4.69) is 5.32 Å². The highest BCUT2D eigenvalue weighted by molar-refractivity contribution is 6.42. The van der Waals surface area contributed by atoms with Gasteiger partial charge in [0, 0.05) is 16.8 Å². The highest BCUT2D eigenvalue weighted by Gasteiger charge is 2.30. The molecule has 2 rings (SSSR count). The number of hydrogen-bond acceptors (Lipinski definition) is 1. The molecule has 0 fully saturated rings. The first-order valence-electron chi connectivity index (χ1n) is 6.47. The number of alkyl halides is 3. The fourth-order valence-electron chi connectivity index (χ4n) is 1.77. The van der Waals surface area contributed by atoms with Crippen LogP contribution in [0.25, 0.3) is 6.08 Å². The summed E-state index contributed by atoms with van der Waals surface area (Å²) in [6.45, 7) is 0. The summed E-state index contributed by atoms with van der Waals surface area (Å²) in [6.07, 6.45) is -2.22. The van der Waals surface area contributed by atoms with Crippen LogP contribution in [0.15, 0.2) is 42.5 Å². The molecule has 8 heteroatoms. The summed E-state index contributed by atoms with van der Waals surface area (Å²) in [5.41, 5.74) is -0.374. The van der Waals surface area contributed by atoms with E-state index in [0.29, 0.717) is 10.7 Å². The van der Waals surface area contributed by atoms with Crippen LogP contribution in [0.3, 0.4) is 0 Å². The van der Waals surface area contributed by atoms with Gasteiger partial charge in [-0.15, -0.1) is 0 Å². The predicted molar refractivity (Wildman–Crippen MR) is 90.6 cm³/mol. The van der Waals surface area contributed by atoms with E-state index in [1.807, 2.05) is 0 Å². The molecule has 24 heavy (non-hydrogen) atoms. The Morgan fingerprint density at radius 1 is 0.958 bits per heavy atom. The highest BCUT2D eigenvalue weighted by Crippen LogP contribution is 2.32. The third-order valence-electron chi connectivity index (χ3n) is 2.92. The SMILES string of the molecule is O=C(/C=C/c1cc(C(F)(F)F)ccc1Cl)Nc1ccc(Cl)c(Cl)c1. The third kappa shape index (κ3) is 4.90. The molecular weight excluding hydrogens is 386 g/mol. The molecule has 1 amide bonds. The zero-order valence-electron chi connectivity index (χ0n) is 11.8. The summed E-state index contributed by atoms with van der Waals surface area (Å²) < 4.78 is 38.1. The number of carbonyl (C=O) groups is 1. The summed E-state index contributed by atoms with van der Waals surface area (Å²) in [4.78, 5) is 11.8. The minimum Gasteiger partial charge on any atom is -0.322 e. The Morgan fingerprint density at radius 2 is 1.62 bits per heavy atom. The van der Waals surface area contributed by atoms with Gasteiger partial charge in [0.2, 0.25) is 5.91 Å². The fraction of sp³-hybridized carbons (Fsp3) is 0.0625. The van der Waals surface area contributed by atoms with Crippen LogP contribution in [-0.2, 0) is 11.0 Å². The molecule has 0 aliphatic rings. The predicted octanol–water partition coefficient (Wildman–Crippen LogP) is 6.32. The van der Waals surface area contributed by atoms with Gasteiger partial charge in [-0.25, -0.2) is 0 Å². The van der Waals surface area contributed by atoms with Crippen LogP contribution in [0.2, 0.25) is 15.1 Å². The molecule has 0 aromatic heterocycles. The van der Waals surface area contributed by atoms with Crippen LogP contribution in [0.4, 0.5) is 18.9 Å². The van der Waals surface area contributed by atoms with Gasteiger partial charge in [0.15, 0.2) is 0 Å². The number of rotatable bonds is 3. The Kier molecular flexibility index (Phi) is 5.80. The largest absolute Gasteiger partial charge is 0.416 e. The van der Waals surface area contributed by atoms with E-state index in [4.69, 9.17) is 34.8 Å². The van der Waals surface area contributed by atoms with Crippen LogP contribution < -0.4 is 5.32 Å². The second kappa shape index (κ2) is 7.47. The molecule has 0 atom stereocenters. The normalized spacial score (nSPS) is 11.8. The van der Waals surface area contributed by atoms with Crippen molar-refractivity contribution in [2.45, 2.75) is 6.18 Å². The molecule has 126 valence electrons. The Balaban J connectivity index is 2.15. The summed E-state index contributed by atoms with van der Waals surface area (Å²) in [7, 11) is 0. The van der Waals surface area contributed by atoms with Crippen molar-refractivity contribution in [1.82, 2.24) is 0 Å². The van der Waals surface area contributed by atoms with Crippen molar-refractivity contribution >= 4 is 52.5 Å². The Morgan fingerprint density at radius 3 is 2.25 bits per heavy atom. The highest BCUT2D eigenvalue weighted by atomic mass is 35.5. The van der Waals surface area contributed by atoms with Crippen molar-refractivity contribution in [3.8, 4) is 0 Å². The molecule has 0 saturated heterocycles. The molecule has 0 heterocycles. The lowest BCUT2D eigenvalue weighted by Crippen LogP contribution is -2.08. The van der Waals surface area contributed by atoms with Crippen molar-refractivity contribution in [3.63, 3.8) is 0 Å². The Bertz CT molecular complexity index is 804. The molecule has 0 aliphatic heterocycles. The van der Waals surface area contributed by atoms with Crippen molar-refractivity contribution < 1.29 is 18.0 Å². The number of amides is 1. The third-order valence-corrected chi connectivity index (χ3v) is 4.01. The van der Waals surface area contributed by atoms with Gasteiger partial charge >= 0.3 is 6.18 Å². The van der Waals surface area contributed by atoms with Crippen LogP contribution in [0, 0.1) is 0 Å². The average molecular weight is 395 g/mol. The van der Waals surface area contributed by atoms with E-state index in [-0.39, 0.29) is 15.6 Å². The maximum Gasteiger partial charge on any atom is 0.416 e. The minimum atomic E-state index is -4.49. The zero-order valence-corrected chi connectivity index (χ0v) is 14.1. The van der Waals surface area contributed by atoms with Crippen molar-refractivity contribution in [2.75, 3.05) is 5.32 Å². The van der Waals surface area contributed by atoms with Crippen LogP contribution in [-0.4, -0.2) is 5.91 Å². The summed E-state index contributed by atoms with van der Waals surface area (Å²) in [6, 6.07) is 7.36. The second-order valence-corrected chi connectivity index (χ2v) is 5.91. The maximum absolute atomic E-state index is 12.7. The number of halogens is 6. The molecule has 0 aliphatic carbocycles. The molecule has 0 unspecified atom stereocenters. The molecule has 1 N–H and O–H groups in total.